The molecule has 5 nitrogen and oxygen atoms in total. The summed E-state index contributed by atoms with van der Waals surface area (Å²) >= 11 is 0. The number of nitrogens with two attached hydrogens (primary N) is 1. The predicted molar refractivity (Wildman–Crippen MR) is 83.0 cm³/mol. The van der Waals surface area contributed by atoms with Crippen LogP contribution in [-0.4, -0.2) is 37.4 Å². The lowest BCUT2D eigenvalue weighted by Gasteiger charge is -2.18. The number of amides is 2. The first-order valence-electron chi connectivity index (χ1n) is 7.35. The van der Waals surface area contributed by atoms with Crippen molar-refractivity contribution in [2.24, 2.45) is 17.6 Å². The Bertz CT molecular complexity index is 528. The van der Waals surface area contributed by atoms with Gasteiger partial charge >= 0.3 is 0 Å². The number of hydrogen-bond acceptors (Lipinski definition) is 3. The predicted octanol–water partition coefficient (Wildman–Crippen LogP) is 1.70. The largest absolute Gasteiger partial charge is 0.345 e. The summed E-state index contributed by atoms with van der Waals surface area (Å²) in [6, 6.07) is 7.04. The topological polar surface area (TPSA) is 75.4 Å². The molecule has 0 aliphatic heterocycles. The van der Waals surface area contributed by atoms with Crippen LogP contribution in [0.3, 0.4) is 0 Å². The lowest BCUT2D eigenvalue weighted by Crippen LogP contribution is -2.29. The molecule has 114 valence electrons. The second-order valence-electron chi connectivity index (χ2n) is 5.80. The Labute approximate surface area is 125 Å². The number of benzene rings is 1. The van der Waals surface area contributed by atoms with Gasteiger partial charge in [0, 0.05) is 31.3 Å². The van der Waals surface area contributed by atoms with Crippen LogP contribution in [0.15, 0.2) is 24.3 Å². The molecule has 2 rings (SSSR count). The maximum Gasteiger partial charge on any atom is 0.253 e. The van der Waals surface area contributed by atoms with E-state index in [-0.39, 0.29) is 23.7 Å². The minimum atomic E-state index is -0.0770. The third-order valence-corrected chi connectivity index (χ3v) is 4.08. The van der Waals surface area contributed by atoms with Crippen molar-refractivity contribution >= 4 is 17.5 Å². The van der Waals surface area contributed by atoms with Crippen LogP contribution >= 0.6 is 0 Å². The molecule has 0 spiro atoms. The van der Waals surface area contributed by atoms with Gasteiger partial charge < -0.3 is 16.0 Å². The van der Waals surface area contributed by atoms with Crippen LogP contribution in [0.25, 0.3) is 0 Å². The third-order valence-electron chi connectivity index (χ3n) is 4.08. The van der Waals surface area contributed by atoms with E-state index in [4.69, 9.17) is 5.73 Å². The van der Waals surface area contributed by atoms with E-state index in [2.05, 4.69) is 5.32 Å². The highest BCUT2D eigenvalue weighted by molar-refractivity contribution is 5.97. The molecule has 1 fully saturated rings. The van der Waals surface area contributed by atoms with Gasteiger partial charge in [-0.05, 0) is 43.5 Å². The van der Waals surface area contributed by atoms with Crippen LogP contribution in [0.4, 0.5) is 5.69 Å². The van der Waals surface area contributed by atoms with Crippen molar-refractivity contribution in [1.29, 1.82) is 0 Å². The van der Waals surface area contributed by atoms with E-state index in [9.17, 15) is 9.59 Å². The molecular formula is C16H23N3O2. The Kier molecular flexibility index (Phi) is 4.96. The standard InChI is InChI=1S/C16H23N3O2/c1-19(2)16(21)11-5-3-7-13(9-11)18-15(20)14-8-4-6-12(14)10-17/h3,5,7,9,12,14H,4,6,8,10,17H2,1-2H3,(H,18,20)/t12-,14-/m1/s1. The SMILES string of the molecule is CN(C)C(=O)c1cccc(NC(=O)[C@@H]2CCC[C@@H]2CN)c1. The highest BCUT2D eigenvalue weighted by atomic mass is 16.2. The number of nitrogens with zero attached hydrogens (tertiary/aromatic N) is 1. The van der Waals surface area contributed by atoms with E-state index in [1.54, 1.807) is 38.4 Å². The van der Waals surface area contributed by atoms with Crippen molar-refractivity contribution in [3.05, 3.63) is 29.8 Å². The summed E-state index contributed by atoms with van der Waals surface area (Å²) in [5.41, 5.74) is 6.95. The fraction of sp³-hybridized carbons (Fsp3) is 0.500. The summed E-state index contributed by atoms with van der Waals surface area (Å²) in [4.78, 5) is 25.8. The minimum Gasteiger partial charge on any atom is -0.345 e. The van der Waals surface area contributed by atoms with Gasteiger partial charge in [-0.15, -0.1) is 0 Å². The van der Waals surface area contributed by atoms with Crippen molar-refractivity contribution in [3.8, 4) is 0 Å². The Balaban J connectivity index is 2.07. The summed E-state index contributed by atoms with van der Waals surface area (Å²) in [6.07, 6.45) is 2.97. The molecule has 1 aromatic rings. The average molecular weight is 289 g/mol. The van der Waals surface area contributed by atoms with Crippen molar-refractivity contribution in [1.82, 2.24) is 4.90 Å². The second kappa shape index (κ2) is 6.72. The number of carbonyl (C=O) groups is 2. The summed E-state index contributed by atoms with van der Waals surface area (Å²) < 4.78 is 0. The van der Waals surface area contributed by atoms with Crippen LogP contribution in [-0.2, 0) is 4.79 Å². The summed E-state index contributed by atoms with van der Waals surface area (Å²) in [6.45, 7) is 0.553. The highest BCUT2D eigenvalue weighted by Crippen LogP contribution is 2.31. The Morgan fingerprint density at radius 1 is 1.33 bits per heavy atom. The van der Waals surface area contributed by atoms with Gasteiger partial charge in [0.1, 0.15) is 0 Å². The molecule has 2 amide bonds. The van der Waals surface area contributed by atoms with Gasteiger partial charge in [-0.25, -0.2) is 0 Å². The molecule has 0 aromatic heterocycles. The lowest BCUT2D eigenvalue weighted by molar-refractivity contribution is -0.120. The van der Waals surface area contributed by atoms with Gasteiger partial charge in [0.25, 0.3) is 5.91 Å². The fourth-order valence-electron chi connectivity index (χ4n) is 2.89. The van der Waals surface area contributed by atoms with Gasteiger partial charge in [0.05, 0.1) is 0 Å². The molecule has 3 N–H and O–H groups in total. The number of rotatable bonds is 4. The maximum atomic E-state index is 12.3. The van der Waals surface area contributed by atoms with Crippen molar-refractivity contribution in [2.45, 2.75) is 19.3 Å². The summed E-state index contributed by atoms with van der Waals surface area (Å²) in [5.74, 6) is 0.198. The molecule has 2 atom stereocenters. The van der Waals surface area contributed by atoms with Crippen LogP contribution in [0.5, 0.6) is 0 Å². The second-order valence-corrected chi connectivity index (χ2v) is 5.80. The third kappa shape index (κ3) is 3.61. The van der Waals surface area contributed by atoms with Crippen molar-refractivity contribution < 1.29 is 9.59 Å². The molecule has 21 heavy (non-hydrogen) atoms. The van der Waals surface area contributed by atoms with E-state index in [1.165, 1.54) is 4.90 Å². The molecule has 1 aromatic carbocycles. The lowest BCUT2D eigenvalue weighted by atomic mass is 9.95. The smallest absolute Gasteiger partial charge is 0.253 e. The molecule has 5 heteroatoms. The van der Waals surface area contributed by atoms with E-state index in [0.29, 0.717) is 17.8 Å². The molecule has 1 saturated carbocycles. The Morgan fingerprint density at radius 3 is 2.76 bits per heavy atom. The molecule has 0 bridgehead atoms. The van der Waals surface area contributed by atoms with Crippen molar-refractivity contribution in [2.75, 3.05) is 26.0 Å². The summed E-state index contributed by atoms with van der Waals surface area (Å²) in [5, 5.41) is 2.92. The number of anilines is 1. The van der Waals surface area contributed by atoms with E-state index >= 15 is 0 Å². The van der Waals surface area contributed by atoms with Crippen molar-refractivity contribution in [3.63, 3.8) is 0 Å². The fourth-order valence-corrected chi connectivity index (χ4v) is 2.89. The number of hydrogen-bond donors (Lipinski definition) is 2. The number of carbonyl (C=O) groups excluding carboxylic acids is 2. The minimum absolute atomic E-state index is 0.0109. The van der Waals surface area contributed by atoms with Crippen LogP contribution < -0.4 is 11.1 Å². The van der Waals surface area contributed by atoms with Gasteiger partial charge in [0.15, 0.2) is 0 Å². The zero-order valence-corrected chi connectivity index (χ0v) is 12.6. The monoisotopic (exact) mass is 289 g/mol. The van der Waals surface area contributed by atoms with E-state index < -0.39 is 0 Å². The first-order valence-corrected chi connectivity index (χ1v) is 7.35. The van der Waals surface area contributed by atoms with Gasteiger partial charge in [-0.2, -0.15) is 0 Å². The van der Waals surface area contributed by atoms with Gasteiger partial charge in [0.2, 0.25) is 5.91 Å². The van der Waals surface area contributed by atoms with Crippen LogP contribution in [0.2, 0.25) is 0 Å². The van der Waals surface area contributed by atoms with Crippen LogP contribution in [0, 0.1) is 11.8 Å². The highest BCUT2D eigenvalue weighted by Gasteiger charge is 2.31. The first-order chi connectivity index (χ1) is 10.0. The molecule has 0 radical (unpaired) electrons. The molecule has 1 aliphatic rings. The normalized spacial score (nSPS) is 21.1. The van der Waals surface area contributed by atoms with Crippen LogP contribution in [0.1, 0.15) is 29.6 Å². The molecule has 0 unspecified atom stereocenters. The Hall–Kier alpha value is -1.88. The van der Waals surface area contributed by atoms with E-state index in [0.717, 1.165) is 19.3 Å². The summed E-state index contributed by atoms with van der Waals surface area (Å²) in [7, 11) is 3.41. The molecular weight excluding hydrogens is 266 g/mol. The van der Waals surface area contributed by atoms with E-state index in [1.807, 2.05) is 0 Å². The zero-order chi connectivity index (χ0) is 15.4. The van der Waals surface area contributed by atoms with Gasteiger partial charge in [-0.3, -0.25) is 9.59 Å². The average Bonchev–Trinajstić information content (AvgIpc) is 2.95. The molecule has 1 aliphatic carbocycles. The zero-order valence-electron chi connectivity index (χ0n) is 12.6. The quantitative estimate of drug-likeness (QED) is 0.886. The molecule has 0 saturated heterocycles. The van der Waals surface area contributed by atoms with Gasteiger partial charge in [-0.1, -0.05) is 12.5 Å². The Morgan fingerprint density at radius 2 is 2.10 bits per heavy atom. The number of nitrogens with one attached hydrogen (secondary N) is 1. The first kappa shape index (κ1) is 15.5. The maximum absolute atomic E-state index is 12.3. The molecule has 0 heterocycles.